The molecule has 0 aromatic heterocycles. The molecule has 3 N–H and O–H groups in total. The molecule has 5 heteroatoms. The number of amides is 1. The van der Waals surface area contributed by atoms with Crippen LogP contribution in [0.1, 0.15) is 58.8 Å². The van der Waals surface area contributed by atoms with E-state index < -0.39 is 5.97 Å². The number of hydrogen-bond donors (Lipinski definition) is 3. The van der Waals surface area contributed by atoms with Gasteiger partial charge in [0, 0.05) is 25.4 Å². The lowest BCUT2D eigenvalue weighted by atomic mass is 10.1. The van der Waals surface area contributed by atoms with Crippen LogP contribution >= 0.6 is 0 Å². The van der Waals surface area contributed by atoms with Crippen molar-refractivity contribution < 1.29 is 14.7 Å². The second-order valence-electron chi connectivity index (χ2n) is 5.12. The van der Waals surface area contributed by atoms with Crippen molar-refractivity contribution in [1.29, 1.82) is 0 Å². The first-order valence-corrected chi connectivity index (χ1v) is 7.24. The number of unbranched alkanes of at least 4 members (excludes halogenated alkanes) is 3. The fourth-order valence-electron chi connectivity index (χ4n) is 1.71. The predicted octanol–water partition coefficient (Wildman–Crippen LogP) is 1.92. The van der Waals surface area contributed by atoms with Crippen molar-refractivity contribution in [3.8, 4) is 0 Å². The Morgan fingerprint density at radius 2 is 1.63 bits per heavy atom. The first-order valence-electron chi connectivity index (χ1n) is 7.24. The van der Waals surface area contributed by atoms with E-state index in [2.05, 4.69) is 24.5 Å². The summed E-state index contributed by atoms with van der Waals surface area (Å²) in [5, 5.41) is 14.6. The van der Waals surface area contributed by atoms with E-state index in [1.165, 1.54) is 0 Å². The topological polar surface area (TPSA) is 78.4 Å². The van der Waals surface area contributed by atoms with Gasteiger partial charge in [-0.2, -0.15) is 0 Å². The number of hydrogen-bond acceptors (Lipinski definition) is 3. The van der Waals surface area contributed by atoms with Crippen molar-refractivity contribution in [2.75, 3.05) is 13.1 Å². The molecule has 5 nitrogen and oxygen atoms in total. The van der Waals surface area contributed by atoms with Crippen LogP contribution in [-0.4, -0.2) is 36.1 Å². The second-order valence-corrected chi connectivity index (χ2v) is 5.12. The van der Waals surface area contributed by atoms with Gasteiger partial charge < -0.3 is 15.7 Å². The molecule has 0 aromatic rings. The Kier molecular flexibility index (Phi) is 11.3. The van der Waals surface area contributed by atoms with Crippen LogP contribution in [0.5, 0.6) is 0 Å². The third-order valence-electron chi connectivity index (χ3n) is 2.77. The quantitative estimate of drug-likeness (QED) is 0.474. The van der Waals surface area contributed by atoms with Gasteiger partial charge in [0.1, 0.15) is 0 Å². The summed E-state index contributed by atoms with van der Waals surface area (Å²) >= 11 is 0. The highest BCUT2D eigenvalue weighted by Crippen LogP contribution is 2.02. The van der Waals surface area contributed by atoms with Crippen LogP contribution in [-0.2, 0) is 9.59 Å². The van der Waals surface area contributed by atoms with Gasteiger partial charge in [0.15, 0.2) is 0 Å². The van der Waals surface area contributed by atoms with E-state index in [1.54, 1.807) is 0 Å². The Morgan fingerprint density at radius 1 is 0.947 bits per heavy atom. The summed E-state index contributed by atoms with van der Waals surface area (Å²) in [6, 6.07) is 0.467. The second kappa shape index (κ2) is 12.0. The molecule has 0 aliphatic carbocycles. The van der Waals surface area contributed by atoms with Crippen molar-refractivity contribution >= 4 is 11.9 Å². The van der Waals surface area contributed by atoms with E-state index in [1.807, 2.05) is 0 Å². The third kappa shape index (κ3) is 14.8. The average molecular weight is 272 g/mol. The molecule has 0 aliphatic rings. The van der Waals surface area contributed by atoms with Gasteiger partial charge in [-0.05, 0) is 25.8 Å². The molecule has 0 rings (SSSR count). The maximum atomic E-state index is 11.4. The summed E-state index contributed by atoms with van der Waals surface area (Å²) in [4.78, 5) is 21.7. The molecular formula is C14H28N2O3. The largest absolute Gasteiger partial charge is 0.481 e. The minimum absolute atomic E-state index is 0.107. The van der Waals surface area contributed by atoms with Gasteiger partial charge in [0.2, 0.25) is 5.91 Å². The average Bonchev–Trinajstić information content (AvgIpc) is 2.33. The molecule has 0 saturated carbocycles. The lowest BCUT2D eigenvalue weighted by Gasteiger charge is -2.08. The fourth-order valence-corrected chi connectivity index (χ4v) is 1.71. The Morgan fingerprint density at radius 3 is 2.26 bits per heavy atom. The molecule has 1 amide bonds. The molecule has 0 heterocycles. The fraction of sp³-hybridized carbons (Fsp3) is 0.857. The molecule has 0 aliphatic heterocycles. The maximum Gasteiger partial charge on any atom is 0.303 e. The minimum Gasteiger partial charge on any atom is -0.481 e. The SMILES string of the molecule is CC(C)NCCCC(=O)NCCCCCCC(=O)O. The van der Waals surface area contributed by atoms with E-state index in [9.17, 15) is 9.59 Å². The van der Waals surface area contributed by atoms with E-state index in [0.29, 0.717) is 19.0 Å². The van der Waals surface area contributed by atoms with E-state index in [0.717, 1.165) is 38.6 Å². The van der Waals surface area contributed by atoms with Gasteiger partial charge in [-0.25, -0.2) is 0 Å². The van der Waals surface area contributed by atoms with Crippen molar-refractivity contribution in [2.24, 2.45) is 0 Å². The van der Waals surface area contributed by atoms with Crippen molar-refractivity contribution in [1.82, 2.24) is 10.6 Å². The Balaban J connectivity index is 3.22. The molecule has 0 atom stereocenters. The van der Waals surface area contributed by atoms with E-state index >= 15 is 0 Å². The van der Waals surface area contributed by atoms with Crippen LogP contribution in [0, 0.1) is 0 Å². The normalized spacial score (nSPS) is 10.7. The zero-order valence-electron chi connectivity index (χ0n) is 12.2. The van der Waals surface area contributed by atoms with Crippen molar-refractivity contribution in [2.45, 2.75) is 64.8 Å². The van der Waals surface area contributed by atoms with Crippen LogP contribution in [0.3, 0.4) is 0 Å². The Hall–Kier alpha value is -1.10. The van der Waals surface area contributed by atoms with Gasteiger partial charge in [-0.3, -0.25) is 9.59 Å². The summed E-state index contributed by atoms with van der Waals surface area (Å²) in [6.07, 6.45) is 5.22. The van der Waals surface area contributed by atoms with E-state index in [-0.39, 0.29) is 12.3 Å². The summed E-state index contributed by atoms with van der Waals surface area (Å²) in [7, 11) is 0. The molecule has 112 valence electrons. The van der Waals surface area contributed by atoms with E-state index in [4.69, 9.17) is 5.11 Å². The molecule has 0 bridgehead atoms. The minimum atomic E-state index is -0.733. The smallest absolute Gasteiger partial charge is 0.303 e. The number of aliphatic carboxylic acids is 1. The standard InChI is InChI=1S/C14H28N2O3/c1-12(2)15-11-7-8-13(17)16-10-6-4-3-5-9-14(18)19/h12,15H,3-11H2,1-2H3,(H,16,17)(H,18,19). The highest BCUT2D eigenvalue weighted by Gasteiger charge is 2.01. The lowest BCUT2D eigenvalue weighted by Crippen LogP contribution is -2.27. The van der Waals surface area contributed by atoms with Gasteiger partial charge in [-0.1, -0.05) is 26.7 Å². The number of carboxylic acid groups (broad SMARTS) is 1. The molecular weight excluding hydrogens is 244 g/mol. The van der Waals surface area contributed by atoms with Crippen LogP contribution in [0.2, 0.25) is 0 Å². The summed E-state index contributed by atoms with van der Waals surface area (Å²) in [5.74, 6) is -0.626. The Labute approximate surface area is 116 Å². The molecule has 19 heavy (non-hydrogen) atoms. The number of carboxylic acids is 1. The van der Waals surface area contributed by atoms with Crippen LogP contribution < -0.4 is 10.6 Å². The number of rotatable bonds is 12. The highest BCUT2D eigenvalue weighted by atomic mass is 16.4. The zero-order valence-corrected chi connectivity index (χ0v) is 12.2. The van der Waals surface area contributed by atoms with Gasteiger partial charge in [0.05, 0.1) is 0 Å². The Bertz CT molecular complexity index is 255. The molecule has 0 radical (unpaired) electrons. The first-order chi connectivity index (χ1) is 9.02. The predicted molar refractivity (Wildman–Crippen MR) is 76.1 cm³/mol. The lowest BCUT2D eigenvalue weighted by molar-refractivity contribution is -0.137. The molecule has 0 saturated heterocycles. The number of nitrogens with one attached hydrogen (secondary N) is 2. The molecule has 0 fully saturated rings. The zero-order chi connectivity index (χ0) is 14.5. The van der Waals surface area contributed by atoms with Gasteiger partial charge >= 0.3 is 5.97 Å². The van der Waals surface area contributed by atoms with Gasteiger partial charge in [-0.15, -0.1) is 0 Å². The van der Waals surface area contributed by atoms with Crippen LogP contribution in [0.25, 0.3) is 0 Å². The monoisotopic (exact) mass is 272 g/mol. The van der Waals surface area contributed by atoms with Crippen molar-refractivity contribution in [3.05, 3.63) is 0 Å². The van der Waals surface area contributed by atoms with Crippen LogP contribution in [0.4, 0.5) is 0 Å². The van der Waals surface area contributed by atoms with Crippen LogP contribution in [0.15, 0.2) is 0 Å². The molecule has 0 unspecified atom stereocenters. The third-order valence-corrected chi connectivity index (χ3v) is 2.77. The summed E-state index contributed by atoms with van der Waals surface area (Å²) in [6.45, 7) is 5.75. The van der Waals surface area contributed by atoms with Crippen molar-refractivity contribution in [3.63, 3.8) is 0 Å². The molecule has 0 spiro atoms. The summed E-state index contributed by atoms with van der Waals surface area (Å²) < 4.78 is 0. The first kappa shape index (κ1) is 17.9. The highest BCUT2D eigenvalue weighted by molar-refractivity contribution is 5.75. The maximum absolute atomic E-state index is 11.4. The number of carbonyl (C=O) groups excluding carboxylic acids is 1. The summed E-state index contributed by atoms with van der Waals surface area (Å²) in [5.41, 5.74) is 0. The molecule has 0 aromatic carbocycles. The number of carbonyl (C=O) groups is 2. The van der Waals surface area contributed by atoms with Gasteiger partial charge in [0.25, 0.3) is 0 Å².